The molecule has 20 heavy (non-hydrogen) atoms. The molecule has 1 aliphatic carbocycles. The molecule has 0 aliphatic heterocycles. The third-order valence-electron chi connectivity index (χ3n) is 4.25. The van der Waals surface area contributed by atoms with E-state index in [9.17, 15) is 4.79 Å². The van der Waals surface area contributed by atoms with Crippen LogP contribution in [-0.4, -0.2) is 38.7 Å². The van der Waals surface area contributed by atoms with Crippen molar-refractivity contribution in [3.8, 4) is 0 Å². The third-order valence-corrected chi connectivity index (χ3v) is 4.25. The summed E-state index contributed by atoms with van der Waals surface area (Å²) in [4.78, 5) is 18.2. The van der Waals surface area contributed by atoms with Gasteiger partial charge in [0, 0.05) is 18.7 Å². The third kappa shape index (κ3) is 2.07. The number of anilines is 1. The van der Waals surface area contributed by atoms with E-state index in [1.165, 1.54) is 23.6 Å². The lowest BCUT2D eigenvalue weighted by molar-refractivity contribution is 0.459. The zero-order valence-electron chi connectivity index (χ0n) is 11.6. The van der Waals surface area contributed by atoms with Gasteiger partial charge in [-0.15, -0.1) is 0 Å². The van der Waals surface area contributed by atoms with E-state index in [0.29, 0.717) is 24.2 Å². The maximum absolute atomic E-state index is 11.5. The van der Waals surface area contributed by atoms with E-state index >= 15 is 0 Å². The van der Waals surface area contributed by atoms with Crippen molar-refractivity contribution >= 4 is 11.5 Å². The molecule has 2 unspecified atom stereocenters. The second kappa shape index (κ2) is 5.24. The molecule has 2 heterocycles. The van der Waals surface area contributed by atoms with Crippen molar-refractivity contribution in [3.63, 3.8) is 0 Å². The Morgan fingerprint density at radius 2 is 2.40 bits per heavy atom. The molecule has 7 heteroatoms. The number of H-pyrrole nitrogens is 1. The molecule has 3 N–H and O–H groups in total. The van der Waals surface area contributed by atoms with Crippen LogP contribution in [0.2, 0.25) is 0 Å². The zero-order chi connectivity index (χ0) is 14.1. The Morgan fingerprint density at radius 1 is 1.55 bits per heavy atom. The number of nitrogens with zero attached hydrogens (tertiary/aromatic N) is 4. The average Bonchev–Trinajstić information content (AvgIpc) is 3.07. The number of hydrogen-bond donors (Lipinski definition) is 2. The molecule has 1 fully saturated rings. The van der Waals surface area contributed by atoms with E-state index < -0.39 is 0 Å². The van der Waals surface area contributed by atoms with Gasteiger partial charge in [0.05, 0.1) is 0 Å². The van der Waals surface area contributed by atoms with E-state index in [1.807, 2.05) is 6.07 Å². The summed E-state index contributed by atoms with van der Waals surface area (Å²) in [5, 5.41) is 6.42. The summed E-state index contributed by atoms with van der Waals surface area (Å²) in [6, 6.07) is 2.29. The minimum Gasteiger partial charge on any atom is -0.353 e. The lowest BCUT2D eigenvalue weighted by Crippen LogP contribution is -2.41. The summed E-state index contributed by atoms with van der Waals surface area (Å²) in [5.41, 5.74) is 6.22. The minimum absolute atomic E-state index is 0.261. The number of fused-ring (bicyclic) bond motifs is 1. The molecular formula is C13H20N6O. The van der Waals surface area contributed by atoms with E-state index in [2.05, 4.69) is 27.0 Å². The number of nitrogens with two attached hydrogens (primary N) is 1. The molecule has 0 bridgehead atoms. The van der Waals surface area contributed by atoms with Crippen molar-refractivity contribution in [1.82, 2.24) is 19.6 Å². The number of aromatic nitrogens is 4. The molecule has 0 radical (unpaired) electrons. The Morgan fingerprint density at radius 3 is 3.15 bits per heavy atom. The van der Waals surface area contributed by atoms with Gasteiger partial charge in [-0.2, -0.15) is 5.10 Å². The quantitative estimate of drug-likeness (QED) is 0.841. The van der Waals surface area contributed by atoms with Gasteiger partial charge in [-0.25, -0.2) is 19.3 Å². The van der Waals surface area contributed by atoms with Crippen LogP contribution in [-0.2, 0) is 0 Å². The van der Waals surface area contributed by atoms with Crippen LogP contribution in [0.3, 0.4) is 0 Å². The van der Waals surface area contributed by atoms with Crippen molar-refractivity contribution < 1.29 is 0 Å². The van der Waals surface area contributed by atoms with Gasteiger partial charge in [0.25, 0.3) is 0 Å². The van der Waals surface area contributed by atoms with Gasteiger partial charge in [-0.1, -0.05) is 6.42 Å². The zero-order valence-corrected chi connectivity index (χ0v) is 11.6. The van der Waals surface area contributed by atoms with E-state index in [4.69, 9.17) is 5.73 Å². The van der Waals surface area contributed by atoms with Crippen LogP contribution < -0.4 is 16.3 Å². The van der Waals surface area contributed by atoms with Crippen molar-refractivity contribution in [1.29, 1.82) is 0 Å². The minimum atomic E-state index is -0.261. The molecular weight excluding hydrogens is 256 g/mol. The first-order valence-corrected chi connectivity index (χ1v) is 7.14. The van der Waals surface area contributed by atoms with Crippen LogP contribution in [0.5, 0.6) is 0 Å². The van der Waals surface area contributed by atoms with Crippen LogP contribution in [0, 0.1) is 5.92 Å². The topological polar surface area (TPSA) is 92.3 Å². The molecule has 1 aliphatic rings. The van der Waals surface area contributed by atoms with Gasteiger partial charge in [-0.3, -0.25) is 0 Å². The Labute approximate surface area is 116 Å². The van der Waals surface area contributed by atoms with Crippen LogP contribution in [0.25, 0.3) is 5.65 Å². The fraction of sp³-hybridized carbons (Fsp3) is 0.615. The number of aromatic amines is 1. The standard InChI is InChI=1S/C13H20N6O/c1-2-18(10-5-3-4-9(10)7-14)11-6-12-16-17-13(20)19(12)8-15-11/h6,8-10H,2-5,7,14H2,1H3,(H,17,20). The summed E-state index contributed by atoms with van der Waals surface area (Å²) in [7, 11) is 0. The van der Waals surface area contributed by atoms with Crippen LogP contribution in [0.1, 0.15) is 26.2 Å². The predicted molar refractivity (Wildman–Crippen MR) is 76.8 cm³/mol. The first-order valence-electron chi connectivity index (χ1n) is 7.14. The molecule has 0 amide bonds. The largest absolute Gasteiger partial charge is 0.353 e. The lowest BCUT2D eigenvalue weighted by atomic mass is 10.0. The molecule has 7 nitrogen and oxygen atoms in total. The molecule has 0 spiro atoms. The van der Waals surface area contributed by atoms with Gasteiger partial charge < -0.3 is 10.6 Å². The number of nitrogens with one attached hydrogen (secondary N) is 1. The average molecular weight is 276 g/mol. The second-order valence-corrected chi connectivity index (χ2v) is 5.28. The van der Waals surface area contributed by atoms with Gasteiger partial charge >= 0.3 is 5.69 Å². The summed E-state index contributed by atoms with van der Waals surface area (Å²) in [6.45, 7) is 3.71. The highest BCUT2D eigenvalue weighted by molar-refractivity contribution is 5.51. The molecule has 0 aromatic carbocycles. The Kier molecular flexibility index (Phi) is 3.43. The smallest absolute Gasteiger partial charge is 0.348 e. The van der Waals surface area contributed by atoms with Crippen LogP contribution in [0.15, 0.2) is 17.2 Å². The SMILES string of the molecule is CCN(c1cc2n[nH]c(=O)n2cn1)C1CCCC1CN. The normalized spacial score (nSPS) is 22.5. The summed E-state index contributed by atoms with van der Waals surface area (Å²) in [5.74, 6) is 1.39. The van der Waals surface area contributed by atoms with Crippen molar-refractivity contribution in [2.45, 2.75) is 32.2 Å². The van der Waals surface area contributed by atoms with Gasteiger partial charge in [0.15, 0.2) is 5.65 Å². The highest BCUT2D eigenvalue weighted by Crippen LogP contribution is 2.31. The maximum Gasteiger partial charge on any atom is 0.348 e. The Balaban J connectivity index is 1.96. The number of hydrogen-bond acceptors (Lipinski definition) is 5. The fourth-order valence-electron chi connectivity index (χ4n) is 3.23. The monoisotopic (exact) mass is 276 g/mol. The summed E-state index contributed by atoms with van der Waals surface area (Å²) < 4.78 is 1.41. The lowest BCUT2D eigenvalue weighted by Gasteiger charge is -2.32. The first kappa shape index (κ1) is 13.1. The van der Waals surface area contributed by atoms with Crippen LogP contribution in [0.4, 0.5) is 5.82 Å². The highest BCUT2D eigenvalue weighted by atomic mass is 16.1. The Bertz CT molecular complexity index is 648. The Hall–Kier alpha value is -1.89. The number of rotatable bonds is 4. The molecule has 0 saturated heterocycles. The van der Waals surface area contributed by atoms with Crippen LogP contribution >= 0.6 is 0 Å². The molecule has 2 atom stereocenters. The van der Waals surface area contributed by atoms with Gasteiger partial charge in [0.1, 0.15) is 12.1 Å². The molecule has 3 rings (SSSR count). The molecule has 108 valence electrons. The fourth-order valence-corrected chi connectivity index (χ4v) is 3.23. The van der Waals surface area contributed by atoms with Gasteiger partial charge in [0.2, 0.25) is 0 Å². The highest BCUT2D eigenvalue weighted by Gasteiger charge is 2.31. The predicted octanol–water partition coefficient (Wildman–Crippen LogP) is 0.371. The van der Waals surface area contributed by atoms with Crippen molar-refractivity contribution in [3.05, 3.63) is 22.9 Å². The second-order valence-electron chi connectivity index (χ2n) is 5.28. The van der Waals surface area contributed by atoms with Crippen molar-refractivity contribution in [2.24, 2.45) is 11.7 Å². The maximum atomic E-state index is 11.5. The van der Waals surface area contributed by atoms with Gasteiger partial charge in [-0.05, 0) is 32.2 Å². The molecule has 1 saturated carbocycles. The van der Waals surface area contributed by atoms with Crippen molar-refractivity contribution in [2.75, 3.05) is 18.0 Å². The van der Waals surface area contributed by atoms with E-state index in [-0.39, 0.29) is 5.69 Å². The molecule has 2 aromatic heterocycles. The van der Waals surface area contributed by atoms with E-state index in [0.717, 1.165) is 18.8 Å². The summed E-state index contributed by atoms with van der Waals surface area (Å²) >= 11 is 0. The molecule has 2 aromatic rings. The van der Waals surface area contributed by atoms with E-state index in [1.54, 1.807) is 0 Å². The summed E-state index contributed by atoms with van der Waals surface area (Å²) in [6.07, 6.45) is 5.08. The first-order chi connectivity index (χ1) is 9.74.